The second-order valence-electron chi connectivity index (χ2n) is 1.64. The number of benzene rings is 1. The van der Waals surface area contributed by atoms with Crippen molar-refractivity contribution in [3.8, 4) is 0 Å². The molecule has 1 aromatic carbocycles. The van der Waals surface area contributed by atoms with Crippen molar-refractivity contribution < 1.29 is 19.0 Å². The monoisotopic (exact) mass is 160 g/mol. The number of hydrogen-bond acceptors (Lipinski definition) is 2. The minimum atomic E-state index is -1.38. The molecule has 0 aliphatic heterocycles. The van der Waals surface area contributed by atoms with Gasteiger partial charge in [-0.1, -0.05) is 22.7 Å². The van der Waals surface area contributed by atoms with E-state index in [9.17, 15) is 9.18 Å². The van der Waals surface area contributed by atoms with E-state index in [0.717, 1.165) is 0 Å². The highest BCUT2D eigenvalue weighted by atomic mass is 19.3. The lowest BCUT2D eigenvalue weighted by molar-refractivity contribution is -0.0441. The summed E-state index contributed by atoms with van der Waals surface area (Å²) in [5.74, 6) is 0. The molecule has 0 radical (unpaired) electrons. The first-order chi connectivity index (χ1) is 5.30. The van der Waals surface area contributed by atoms with Crippen LogP contribution in [0.1, 0.15) is 10.4 Å². The maximum atomic E-state index is 11.8. The summed E-state index contributed by atoms with van der Waals surface area (Å²) in [5.41, 5.74) is 0.109. The maximum Gasteiger partial charge on any atom is 0.332 e. The minimum Gasteiger partial charge on any atom is -0.255 e. The Balaban J connectivity index is 0.000000461. The fraction of sp³-hybridized carbons (Fsp3) is 0. The van der Waals surface area contributed by atoms with Crippen LogP contribution in [0.2, 0.25) is 0 Å². The zero-order chi connectivity index (χ0) is 8.69. The van der Waals surface area contributed by atoms with Gasteiger partial charge < -0.3 is 0 Å². The zero-order valence-corrected chi connectivity index (χ0v) is 5.50. The SMILES string of the molecule is O=C(F)c1ccccc1.OF. The molecule has 11 heavy (non-hydrogen) atoms. The van der Waals surface area contributed by atoms with Gasteiger partial charge in [0.05, 0.1) is 5.56 Å². The van der Waals surface area contributed by atoms with Gasteiger partial charge in [-0.05, 0) is 12.1 Å². The lowest BCUT2D eigenvalue weighted by atomic mass is 10.2. The van der Waals surface area contributed by atoms with E-state index in [1.165, 1.54) is 12.1 Å². The van der Waals surface area contributed by atoms with Crippen molar-refractivity contribution in [2.24, 2.45) is 0 Å². The standard InChI is InChI=1S/C7H5FO.FHO/c8-7(9)6-4-2-1-3-5-6;1-2/h1-5H;2H. The first kappa shape index (κ1) is 9.71. The molecule has 4 heteroatoms. The quantitative estimate of drug-likeness (QED) is 0.634. The molecule has 0 saturated heterocycles. The van der Waals surface area contributed by atoms with Gasteiger partial charge in [-0.15, -0.1) is 0 Å². The highest BCUT2D eigenvalue weighted by molar-refractivity contribution is 5.88. The second-order valence-corrected chi connectivity index (χ2v) is 1.64. The van der Waals surface area contributed by atoms with Gasteiger partial charge in [0.15, 0.2) is 0 Å². The Hall–Kier alpha value is -1.29. The number of halogens is 2. The summed E-state index contributed by atoms with van der Waals surface area (Å²) in [6.07, 6.45) is 0. The Morgan fingerprint density at radius 2 is 1.64 bits per heavy atom. The maximum absolute atomic E-state index is 11.8. The molecule has 1 aromatic rings. The average molecular weight is 160 g/mol. The van der Waals surface area contributed by atoms with Crippen LogP contribution in [0.5, 0.6) is 0 Å². The lowest BCUT2D eigenvalue weighted by Crippen LogP contribution is -1.86. The third-order valence-electron chi connectivity index (χ3n) is 1.00. The van der Waals surface area contributed by atoms with Gasteiger partial charge in [-0.2, -0.15) is 4.39 Å². The van der Waals surface area contributed by atoms with Crippen LogP contribution in [0.4, 0.5) is 8.92 Å². The molecule has 0 unspecified atom stereocenters. The Morgan fingerprint density at radius 1 is 1.18 bits per heavy atom. The molecule has 60 valence electrons. The fourth-order valence-corrected chi connectivity index (χ4v) is 0.569. The Morgan fingerprint density at radius 3 is 1.91 bits per heavy atom. The summed E-state index contributed by atoms with van der Waals surface area (Å²) in [4.78, 5) is 9.98. The molecular weight excluding hydrogens is 154 g/mol. The van der Waals surface area contributed by atoms with Crippen molar-refractivity contribution in [1.82, 2.24) is 0 Å². The van der Waals surface area contributed by atoms with E-state index < -0.39 is 6.04 Å². The van der Waals surface area contributed by atoms with Gasteiger partial charge >= 0.3 is 6.04 Å². The van der Waals surface area contributed by atoms with Crippen LogP contribution < -0.4 is 0 Å². The molecule has 0 atom stereocenters. The van der Waals surface area contributed by atoms with Gasteiger partial charge in [0, 0.05) is 0 Å². The molecule has 1 rings (SSSR count). The molecule has 0 spiro atoms. The van der Waals surface area contributed by atoms with Crippen LogP contribution in [-0.4, -0.2) is 11.3 Å². The zero-order valence-electron chi connectivity index (χ0n) is 5.50. The normalized spacial score (nSPS) is 7.91. The van der Waals surface area contributed by atoms with Gasteiger partial charge in [-0.25, -0.2) is 5.31 Å². The van der Waals surface area contributed by atoms with Crippen molar-refractivity contribution in [3.05, 3.63) is 35.9 Å². The van der Waals surface area contributed by atoms with Crippen LogP contribution in [0, 0.1) is 0 Å². The predicted octanol–water partition coefficient (Wildman–Crippen LogP) is 1.66. The molecule has 0 aromatic heterocycles. The van der Waals surface area contributed by atoms with Crippen LogP contribution in [0.25, 0.3) is 0 Å². The summed E-state index contributed by atoms with van der Waals surface area (Å²) >= 11 is 0. The summed E-state index contributed by atoms with van der Waals surface area (Å²) < 4.78 is 20.3. The molecule has 0 bridgehead atoms. The van der Waals surface area contributed by atoms with Gasteiger partial charge in [-0.3, -0.25) is 4.79 Å². The Kier molecular flexibility index (Phi) is 4.85. The van der Waals surface area contributed by atoms with E-state index in [-0.39, 0.29) is 5.56 Å². The third kappa shape index (κ3) is 3.42. The van der Waals surface area contributed by atoms with Crippen molar-refractivity contribution in [2.45, 2.75) is 0 Å². The van der Waals surface area contributed by atoms with Crippen molar-refractivity contribution in [2.75, 3.05) is 0 Å². The molecule has 1 N–H and O–H groups in total. The Bertz CT molecular complexity index is 211. The largest absolute Gasteiger partial charge is 0.332 e. The van der Waals surface area contributed by atoms with Crippen molar-refractivity contribution in [3.63, 3.8) is 0 Å². The van der Waals surface area contributed by atoms with Crippen LogP contribution >= 0.6 is 0 Å². The molecule has 2 nitrogen and oxygen atoms in total. The average Bonchev–Trinajstić information content (AvgIpc) is 2.10. The number of carbonyl (C=O) groups is 1. The molecule has 0 fully saturated rings. The molecule has 0 aliphatic carbocycles. The second kappa shape index (κ2) is 5.49. The first-order valence-electron chi connectivity index (χ1n) is 2.72. The van der Waals surface area contributed by atoms with Gasteiger partial charge in [0.2, 0.25) is 0 Å². The summed E-state index contributed by atoms with van der Waals surface area (Å²) in [7, 11) is 0. The van der Waals surface area contributed by atoms with Crippen LogP contribution in [0.3, 0.4) is 0 Å². The summed E-state index contributed by atoms with van der Waals surface area (Å²) in [6, 6.07) is 6.45. The number of rotatable bonds is 1. The van der Waals surface area contributed by atoms with E-state index in [1.54, 1.807) is 18.2 Å². The molecule has 0 aliphatic rings. The summed E-state index contributed by atoms with van der Waals surface area (Å²) in [5, 5.41) is 5.50. The summed E-state index contributed by atoms with van der Waals surface area (Å²) in [6.45, 7) is 0. The fourth-order valence-electron chi connectivity index (χ4n) is 0.569. The molecular formula is C7H6F2O2. The first-order valence-corrected chi connectivity index (χ1v) is 2.72. The van der Waals surface area contributed by atoms with Crippen molar-refractivity contribution >= 4 is 6.04 Å². The number of carbonyl (C=O) groups excluding carboxylic acids is 1. The van der Waals surface area contributed by atoms with Gasteiger partial charge in [0.1, 0.15) is 0 Å². The lowest BCUT2D eigenvalue weighted by Gasteiger charge is -1.86. The molecule has 0 amide bonds. The minimum absolute atomic E-state index is 0.109. The van der Waals surface area contributed by atoms with Crippen LogP contribution in [-0.2, 0) is 0 Å². The smallest absolute Gasteiger partial charge is 0.255 e. The molecule has 0 heterocycles. The topological polar surface area (TPSA) is 37.3 Å². The molecule has 0 saturated carbocycles. The van der Waals surface area contributed by atoms with Crippen molar-refractivity contribution in [1.29, 1.82) is 0 Å². The van der Waals surface area contributed by atoms with E-state index in [2.05, 4.69) is 0 Å². The predicted molar refractivity (Wildman–Crippen MR) is 35.2 cm³/mol. The van der Waals surface area contributed by atoms with E-state index in [0.29, 0.717) is 0 Å². The van der Waals surface area contributed by atoms with E-state index >= 15 is 0 Å². The van der Waals surface area contributed by atoms with Gasteiger partial charge in [0.25, 0.3) is 0 Å². The van der Waals surface area contributed by atoms with E-state index in [1.807, 2.05) is 0 Å². The highest BCUT2D eigenvalue weighted by Gasteiger charge is 1.98. The Labute approximate surface area is 62.0 Å². The highest BCUT2D eigenvalue weighted by Crippen LogP contribution is 1.98. The number of hydrogen-bond donors (Lipinski definition) is 1. The van der Waals surface area contributed by atoms with E-state index in [4.69, 9.17) is 9.84 Å². The third-order valence-corrected chi connectivity index (χ3v) is 1.00. The van der Waals surface area contributed by atoms with Crippen LogP contribution in [0.15, 0.2) is 30.3 Å².